The van der Waals surface area contributed by atoms with Gasteiger partial charge in [-0.1, -0.05) is 6.07 Å². The molecule has 5 heteroatoms. The lowest BCUT2D eigenvalue weighted by atomic mass is 10.2. The highest BCUT2D eigenvalue weighted by Crippen LogP contribution is 2.19. The van der Waals surface area contributed by atoms with E-state index in [0.717, 1.165) is 6.26 Å². The first kappa shape index (κ1) is 11.7. The molecule has 0 saturated heterocycles. The predicted molar refractivity (Wildman–Crippen MR) is 58.6 cm³/mol. The van der Waals surface area contributed by atoms with Crippen molar-refractivity contribution in [2.75, 3.05) is 11.6 Å². The van der Waals surface area contributed by atoms with Crippen molar-refractivity contribution in [3.05, 3.63) is 23.8 Å². The van der Waals surface area contributed by atoms with Crippen LogP contribution >= 0.6 is 0 Å². The van der Waals surface area contributed by atoms with Gasteiger partial charge in [-0.2, -0.15) is 0 Å². The Kier molecular flexibility index (Phi) is 3.14. The second-order valence-electron chi connectivity index (χ2n) is 3.43. The highest BCUT2D eigenvalue weighted by Gasteiger charge is 2.11. The predicted octanol–water partition coefficient (Wildman–Crippen LogP) is 1.36. The maximum absolute atomic E-state index is 11.4. The lowest BCUT2D eigenvalue weighted by Gasteiger charge is -2.07. The Morgan fingerprint density at radius 2 is 1.93 bits per heavy atom. The molecule has 0 saturated carbocycles. The minimum absolute atomic E-state index is 0.224. The summed E-state index contributed by atoms with van der Waals surface area (Å²) in [6.07, 6.45) is 1.15. The molecule has 1 N–H and O–H groups in total. The normalized spacial score (nSPS) is 11.1. The third-order valence-corrected chi connectivity index (χ3v) is 3.15. The average Bonchev–Trinajstić information content (AvgIpc) is 2.05. The van der Waals surface area contributed by atoms with E-state index in [0.29, 0.717) is 11.3 Å². The zero-order valence-corrected chi connectivity index (χ0v) is 9.68. The van der Waals surface area contributed by atoms with Crippen molar-refractivity contribution in [1.82, 2.24) is 0 Å². The molecule has 4 nitrogen and oxygen atoms in total. The van der Waals surface area contributed by atoms with E-state index in [-0.39, 0.29) is 10.8 Å². The van der Waals surface area contributed by atoms with Crippen LogP contribution in [-0.2, 0) is 14.6 Å². The fourth-order valence-electron chi connectivity index (χ4n) is 1.28. The van der Waals surface area contributed by atoms with Crippen molar-refractivity contribution in [2.45, 2.75) is 18.7 Å². The number of carbonyl (C=O) groups excluding carboxylic acids is 1. The van der Waals surface area contributed by atoms with Crippen LogP contribution in [0.4, 0.5) is 5.69 Å². The lowest BCUT2D eigenvalue weighted by Crippen LogP contribution is -2.07. The van der Waals surface area contributed by atoms with Crippen LogP contribution in [0.15, 0.2) is 23.1 Å². The van der Waals surface area contributed by atoms with E-state index < -0.39 is 9.84 Å². The third kappa shape index (κ3) is 3.06. The molecule has 0 aromatic heterocycles. The first-order chi connectivity index (χ1) is 6.80. The number of aryl methyl sites for hydroxylation is 1. The molecular formula is C10H13NO3S. The molecule has 82 valence electrons. The number of anilines is 1. The van der Waals surface area contributed by atoms with Crippen molar-refractivity contribution < 1.29 is 13.2 Å². The topological polar surface area (TPSA) is 63.2 Å². The Hall–Kier alpha value is -1.36. The maximum Gasteiger partial charge on any atom is 0.221 e. The van der Waals surface area contributed by atoms with Gasteiger partial charge in [0.25, 0.3) is 0 Å². The largest absolute Gasteiger partial charge is 0.326 e. The van der Waals surface area contributed by atoms with Gasteiger partial charge in [0.15, 0.2) is 9.84 Å². The summed E-state index contributed by atoms with van der Waals surface area (Å²) in [4.78, 5) is 11.0. The number of benzene rings is 1. The van der Waals surface area contributed by atoms with Gasteiger partial charge in [-0.15, -0.1) is 0 Å². The van der Waals surface area contributed by atoms with Crippen molar-refractivity contribution in [2.24, 2.45) is 0 Å². The van der Waals surface area contributed by atoms with E-state index in [9.17, 15) is 13.2 Å². The van der Waals surface area contributed by atoms with Gasteiger partial charge in [0.2, 0.25) is 5.91 Å². The number of rotatable bonds is 2. The molecule has 0 fully saturated rings. The van der Waals surface area contributed by atoms with Gasteiger partial charge >= 0.3 is 0 Å². The van der Waals surface area contributed by atoms with Crippen LogP contribution in [0.3, 0.4) is 0 Å². The summed E-state index contributed by atoms with van der Waals surface area (Å²) in [5.41, 5.74) is 1.17. The van der Waals surface area contributed by atoms with Gasteiger partial charge in [-0.25, -0.2) is 8.42 Å². The third-order valence-electron chi connectivity index (χ3n) is 1.91. The zero-order chi connectivity index (χ0) is 11.6. The molecule has 0 aliphatic rings. The minimum Gasteiger partial charge on any atom is -0.326 e. The van der Waals surface area contributed by atoms with Crippen LogP contribution in [0.1, 0.15) is 12.5 Å². The fourth-order valence-corrected chi connectivity index (χ4v) is 2.27. The second kappa shape index (κ2) is 4.02. The standard InChI is InChI=1S/C10H13NO3S/c1-7-4-5-9(11-8(2)12)6-10(7)15(3,13)14/h4-6H,1-3H3,(H,11,12). The van der Waals surface area contributed by atoms with Crippen LogP contribution in [-0.4, -0.2) is 20.6 Å². The molecule has 15 heavy (non-hydrogen) atoms. The quantitative estimate of drug-likeness (QED) is 0.829. The van der Waals surface area contributed by atoms with Crippen molar-refractivity contribution in [3.63, 3.8) is 0 Å². The number of amides is 1. The Bertz CT molecular complexity index is 491. The van der Waals surface area contributed by atoms with E-state index in [1.54, 1.807) is 19.1 Å². The van der Waals surface area contributed by atoms with E-state index in [4.69, 9.17) is 0 Å². The molecule has 0 spiro atoms. The molecule has 0 bridgehead atoms. The van der Waals surface area contributed by atoms with Crippen LogP contribution in [0, 0.1) is 6.92 Å². The summed E-state index contributed by atoms with van der Waals surface area (Å²) in [7, 11) is -3.24. The molecule has 0 unspecified atom stereocenters. The Balaban J connectivity index is 3.23. The summed E-state index contributed by atoms with van der Waals surface area (Å²) in [5, 5.41) is 2.54. The van der Waals surface area contributed by atoms with Crippen LogP contribution < -0.4 is 5.32 Å². The van der Waals surface area contributed by atoms with Crippen LogP contribution in [0.5, 0.6) is 0 Å². The molecule has 0 aliphatic heterocycles. The Morgan fingerprint density at radius 3 is 2.40 bits per heavy atom. The molecule has 0 radical (unpaired) electrons. The monoisotopic (exact) mass is 227 g/mol. The smallest absolute Gasteiger partial charge is 0.221 e. The summed E-state index contributed by atoms with van der Waals surface area (Å²) < 4.78 is 22.8. The van der Waals surface area contributed by atoms with Gasteiger partial charge in [0, 0.05) is 18.9 Å². The second-order valence-corrected chi connectivity index (χ2v) is 5.42. The van der Waals surface area contributed by atoms with E-state index in [1.807, 2.05) is 0 Å². The van der Waals surface area contributed by atoms with Crippen LogP contribution in [0.2, 0.25) is 0 Å². The molecule has 1 rings (SSSR count). The van der Waals surface area contributed by atoms with Gasteiger partial charge in [0.05, 0.1) is 4.90 Å². The molecule has 1 aromatic carbocycles. The summed E-state index contributed by atoms with van der Waals surface area (Å²) in [6.45, 7) is 3.09. The molecule has 0 heterocycles. The van der Waals surface area contributed by atoms with E-state index in [2.05, 4.69) is 5.32 Å². The number of hydrogen-bond acceptors (Lipinski definition) is 3. The number of carbonyl (C=O) groups is 1. The van der Waals surface area contributed by atoms with Gasteiger partial charge in [-0.05, 0) is 24.6 Å². The Labute approximate surface area is 89.2 Å². The van der Waals surface area contributed by atoms with Crippen molar-refractivity contribution in [1.29, 1.82) is 0 Å². The van der Waals surface area contributed by atoms with Gasteiger partial charge < -0.3 is 5.32 Å². The van der Waals surface area contributed by atoms with Gasteiger partial charge in [0.1, 0.15) is 0 Å². The highest BCUT2D eigenvalue weighted by atomic mass is 32.2. The molecule has 1 amide bonds. The number of sulfone groups is 1. The summed E-state index contributed by atoms with van der Waals surface area (Å²) in [6, 6.07) is 4.80. The van der Waals surface area contributed by atoms with Crippen molar-refractivity contribution >= 4 is 21.4 Å². The zero-order valence-electron chi connectivity index (χ0n) is 8.87. The fraction of sp³-hybridized carbons (Fsp3) is 0.300. The number of hydrogen-bond donors (Lipinski definition) is 1. The Morgan fingerprint density at radius 1 is 1.33 bits per heavy atom. The SMILES string of the molecule is CC(=O)Nc1ccc(C)c(S(C)(=O)=O)c1. The van der Waals surface area contributed by atoms with Crippen molar-refractivity contribution in [3.8, 4) is 0 Å². The first-order valence-corrected chi connectivity index (χ1v) is 6.28. The lowest BCUT2D eigenvalue weighted by molar-refractivity contribution is -0.114. The number of nitrogens with one attached hydrogen (secondary N) is 1. The molecule has 0 atom stereocenters. The van der Waals surface area contributed by atoms with Crippen LogP contribution in [0.25, 0.3) is 0 Å². The van der Waals surface area contributed by atoms with E-state index >= 15 is 0 Å². The summed E-state index contributed by atoms with van der Waals surface area (Å²) in [5.74, 6) is -0.224. The molecule has 0 aliphatic carbocycles. The van der Waals surface area contributed by atoms with E-state index in [1.165, 1.54) is 13.0 Å². The molecule has 1 aromatic rings. The first-order valence-electron chi connectivity index (χ1n) is 4.39. The highest BCUT2D eigenvalue weighted by molar-refractivity contribution is 7.90. The van der Waals surface area contributed by atoms with Gasteiger partial charge in [-0.3, -0.25) is 4.79 Å². The molecular weight excluding hydrogens is 214 g/mol. The maximum atomic E-state index is 11.4. The summed E-state index contributed by atoms with van der Waals surface area (Å²) >= 11 is 0. The average molecular weight is 227 g/mol. The minimum atomic E-state index is -3.24.